The minimum atomic E-state index is -0.956. The Morgan fingerprint density at radius 3 is 2.74 bits per heavy atom. The van der Waals surface area contributed by atoms with Crippen molar-refractivity contribution in [3.8, 4) is 0 Å². The van der Waals surface area contributed by atoms with E-state index in [2.05, 4.69) is 0 Å². The van der Waals surface area contributed by atoms with Crippen LogP contribution in [-0.2, 0) is 4.79 Å². The molecule has 102 valence electrons. The van der Waals surface area contributed by atoms with Crippen molar-refractivity contribution in [2.45, 2.75) is 26.3 Å². The van der Waals surface area contributed by atoms with E-state index >= 15 is 0 Å². The van der Waals surface area contributed by atoms with E-state index in [0.717, 1.165) is 5.56 Å². The lowest BCUT2D eigenvalue weighted by Gasteiger charge is -2.24. The average molecular weight is 282 g/mol. The molecule has 1 heterocycles. The summed E-state index contributed by atoms with van der Waals surface area (Å²) in [4.78, 5) is 25.2. The molecule has 1 aliphatic heterocycles. The van der Waals surface area contributed by atoms with E-state index in [-0.39, 0.29) is 11.8 Å². The number of aliphatic carboxylic acids is 1. The van der Waals surface area contributed by atoms with Crippen LogP contribution in [0.2, 0.25) is 5.02 Å². The summed E-state index contributed by atoms with van der Waals surface area (Å²) in [6.45, 7) is 4.13. The Morgan fingerprint density at radius 2 is 2.11 bits per heavy atom. The highest BCUT2D eigenvalue weighted by molar-refractivity contribution is 6.34. The first-order valence-corrected chi connectivity index (χ1v) is 6.60. The molecule has 5 heteroatoms. The minimum Gasteiger partial charge on any atom is -0.480 e. The normalized spacial score (nSPS) is 22.6. The van der Waals surface area contributed by atoms with Gasteiger partial charge in [0.15, 0.2) is 0 Å². The molecule has 1 saturated heterocycles. The van der Waals surface area contributed by atoms with E-state index in [1.165, 1.54) is 4.90 Å². The third-order valence-electron chi connectivity index (χ3n) is 3.64. The third kappa shape index (κ3) is 2.45. The second kappa shape index (κ2) is 5.21. The van der Waals surface area contributed by atoms with Crippen LogP contribution in [0.5, 0.6) is 0 Å². The predicted octanol–water partition coefficient (Wildman–Crippen LogP) is 2.58. The highest BCUT2D eigenvalue weighted by atomic mass is 35.5. The van der Waals surface area contributed by atoms with Crippen molar-refractivity contribution < 1.29 is 14.7 Å². The highest BCUT2D eigenvalue weighted by Crippen LogP contribution is 2.29. The molecule has 2 unspecified atom stereocenters. The number of carbonyl (C=O) groups is 2. The average Bonchev–Trinajstić information content (AvgIpc) is 2.74. The van der Waals surface area contributed by atoms with Crippen molar-refractivity contribution in [2.24, 2.45) is 5.92 Å². The molecule has 0 spiro atoms. The van der Waals surface area contributed by atoms with Gasteiger partial charge >= 0.3 is 5.97 Å². The number of rotatable bonds is 2. The van der Waals surface area contributed by atoms with Gasteiger partial charge < -0.3 is 10.0 Å². The topological polar surface area (TPSA) is 57.6 Å². The predicted molar refractivity (Wildman–Crippen MR) is 72.4 cm³/mol. The Balaban J connectivity index is 2.34. The van der Waals surface area contributed by atoms with Crippen molar-refractivity contribution in [1.29, 1.82) is 0 Å². The quantitative estimate of drug-likeness (QED) is 0.906. The summed E-state index contributed by atoms with van der Waals surface area (Å²) in [5, 5.41) is 9.65. The fourth-order valence-electron chi connectivity index (χ4n) is 2.52. The Kier molecular flexibility index (Phi) is 3.80. The van der Waals surface area contributed by atoms with E-state index in [4.69, 9.17) is 11.6 Å². The first-order valence-electron chi connectivity index (χ1n) is 6.22. The van der Waals surface area contributed by atoms with Gasteiger partial charge in [0.05, 0.1) is 10.6 Å². The molecular formula is C14H16ClNO3. The molecule has 0 aromatic heterocycles. The first-order chi connectivity index (χ1) is 8.93. The van der Waals surface area contributed by atoms with E-state index in [1.54, 1.807) is 12.1 Å². The molecule has 1 aliphatic rings. The van der Waals surface area contributed by atoms with Crippen LogP contribution in [0, 0.1) is 12.8 Å². The molecule has 2 atom stereocenters. The molecule has 1 fully saturated rings. The van der Waals surface area contributed by atoms with Crippen LogP contribution in [0.1, 0.15) is 29.3 Å². The molecule has 0 radical (unpaired) electrons. The zero-order chi connectivity index (χ0) is 14.2. The number of amides is 1. The lowest BCUT2D eigenvalue weighted by Crippen LogP contribution is -2.42. The van der Waals surface area contributed by atoms with Crippen LogP contribution in [0.3, 0.4) is 0 Å². The maximum absolute atomic E-state index is 12.5. The Morgan fingerprint density at radius 1 is 1.42 bits per heavy atom. The number of carbonyl (C=O) groups excluding carboxylic acids is 1. The summed E-state index contributed by atoms with van der Waals surface area (Å²) < 4.78 is 0. The van der Waals surface area contributed by atoms with E-state index in [9.17, 15) is 14.7 Å². The molecule has 0 bridgehead atoms. The van der Waals surface area contributed by atoms with Crippen LogP contribution in [0.15, 0.2) is 18.2 Å². The van der Waals surface area contributed by atoms with E-state index in [1.807, 2.05) is 19.9 Å². The van der Waals surface area contributed by atoms with Crippen LogP contribution in [0.25, 0.3) is 0 Å². The summed E-state index contributed by atoms with van der Waals surface area (Å²) in [6.07, 6.45) is 0.701. The lowest BCUT2D eigenvalue weighted by atomic mass is 10.0. The maximum Gasteiger partial charge on any atom is 0.326 e. The van der Waals surface area contributed by atoms with Gasteiger partial charge in [0.1, 0.15) is 6.04 Å². The molecule has 4 nitrogen and oxygen atoms in total. The number of benzene rings is 1. The van der Waals surface area contributed by atoms with Gasteiger partial charge in [0.25, 0.3) is 5.91 Å². The lowest BCUT2D eigenvalue weighted by molar-refractivity contribution is -0.142. The molecule has 0 saturated carbocycles. The molecule has 1 N–H and O–H groups in total. The fraction of sp³-hybridized carbons (Fsp3) is 0.429. The zero-order valence-electron chi connectivity index (χ0n) is 10.9. The second-order valence-corrected chi connectivity index (χ2v) is 5.36. The van der Waals surface area contributed by atoms with Crippen LogP contribution in [-0.4, -0.2) is 34.5 Å². The van der Waals surface area contributed by atoms with Gasteiger partial charge in [-0.1, -0.05) is 30.7 Å². The first kappa shape index (κ1) is 13.9. The maximum atomic E-state index is 12.5. The largest absolute Gasteiger partial charge is 0.480 e. The van der Waals surface area contributed by atoms with Gasteiger partial charge in [-0.05, 0) is 30.9 Å². The molecule has 1 aromatic carbocycles. The van der Waals surface area contributed by atoms with Crippen molar-refractivity contribution >= 4 is 23.5 Å². The molecule has 19 heavy (non-hydrogen) atoms. The monoisotopic (exact) mass is 281 g/mol. The Labute approximate surface area is 117 Å². The molecule has 1 amide bonds. The second-order valence-electron chi connectivity index (χ2n) is 4.98. The summed E-state index contributed by atoms with van der Waals surface area (Å²) >= 11 is 6.14. The minimum absolute atomic E-state index is 0.0370. The summed E-state index contributed by atoms with van der Waals surface area (Å²) in [5.41, 5.74) is 1.19. The van der Waals surface area contributed by atoms with E-state index in [0.29, 0.717) is 23.6 Å². The number of likely N-dealkylation sites (tertiary alicyclic amines) is 1. The van der Waals surface area contributed by atoms with Gasteiger partial charge in [-0.25, -0.2) is 4.79 Å². The van der Waals surface area contributed by atoms with Gasteiger partial charge in [0, 0.05) is 6.54 Å². The smallest absolute Gasteiger partial charge is 0.326 e. The number of nitrogens with zero attached hydrogens (tertiary/aromatic N) is 1. The van der Waals surface area contributed by atoms with Crippen molar-refractivity contribution in [1.82, 2.24) is 4.90 Å². The van der Waals surface area contributed by atoms with Gasteiger partial charge in [0.2, 0.25) is 0 Å². The van der Waals surface area contributed by atoms with Gasteiger partial charge in [-0.3, -0.25) is 4.79 Å². The van der Waals surface area contributed by atoms with Crippen LogP contribution < -0.4 is 0 Å². The van der Waals surface area contributed by atoms with Crippen molar-refractivity contribution in [3.63, 3.8) is 0 Å². The standard InChI is InChI=1S/C14H16ClNO3/c1-8-4-3-5-10(11(8)15)13(17)16-7-6-9(2)12(16)14(18)19/h3-5,9,12H,6-7H2,1-2H3,(H,18,19). The molecule has 2 rings (SSSR count). The number of halogens is 1. The zero-order valence-corrected chi connectivity index (χ0v) is 11.6. The Bertz CT molecular complexity index is 529. The molecular weight excluding hydrogens is 266 g/mol. The number of carboxylic acid groups (broad SMARTS) is 1. The fourth-order valence-corrected chi connectivity index (χ4v) is 2.73. The summed E-state index contributed by atoms with van der Waals surface area (Å²) in [6, 6.07) is 4.45. The van der Waals surface area contributed by atoms with Gasteiger partial charge in [-0.15, -0.1) is 0 Å². The highest BCUT2D eigenvalue weighted by Gasteiger charge is 2.40. The van der Waals surface area contributed by atoms with E-state index < -0.39 is 12.0 Å². The number of hydrogen-bond acceptors (Lipinski definition) is 2. The Hall–Kier alpha value is -1.55. The van der Waals surface area contributed by atoms with Crippen LogP contribution >= 0.6 is 11.6 Å². The SMILES string of the molecule is Cc1cccc(C(=O)N2CCC(C)C2C(=O)O)c1Cl. The van der Waals surface area contributed by atoms with Crippen molar-refractivity contribution in [2.75, 3.05) is 6.54 Å². The number of hydrogen-bond donors (Lipinski definition) is 1. The van der Waals surface area contributed by atoms with Crippen LogP contribution in [0.4, 0.5) is 0 Å². The number of aryl methyl sites for hydroxylation is 1. The van der Waals surface area contributed by atoms with Crippen molar-refractivity contribution in [3.05, 3.63) is 34.3 Å². The van der Waals surface area contributed by atoms with Gasteiger partial charge in [-0.2, -0.15) is 0 Å². The molecule has 1 aromatic rings. The summed E-state index contributed by atoms with van der Waals surface area (Å²) in [5.74, 6) is -1.29. The third-order valence-corrected chi connectivity index (χ3v) is 4.14. The number of carboxylic acids is 1. The molecule has 0 aliphatic carbocycles. The summed E-state index contributed by atoms with van der Waals surface area (Å²) in [7, 11) is 0.